The summed E-state index contributed by atoms with van der Waals surface area (Å²) in [6.45, 7) is 9.50. The second-order valence-electron chi connectivity index (χ2n) is 10.8. The van der Waals surface area contributed by atoms with Crippen molar-refractivity contribution in [2.75, 3.05) is 35.9 Å². The van der Waals surface area contributed by atoms with Crippen molar-refractivity contribution >= 4 is 27.4 Å². The van der Waals surface area contributed by atoms with E-state index in [0.29, 0.717) is 17.2 Å². The van der Waals surface area contributed by atoms with Gasteiger partial charge in [0.1, 0.15) is 11.5 Å². The molecule has 0 spiro atoms. The minimum Gasteiger partial charge on any atom is -0.457 e. The molecule has 0 aliphatic carbocycles. The Balaban J connectivity index is 1.29. The maximum absolute atomic E-state index is 13.4. The Hall–Kier alpha value is -3.57. The van der Waals surface area contributed by atoms with Crippen molar-refractivity contribution in [3.8, 4) is 11.5 Å². The third kappa shape index (κ3) is 8.46. The number of aryl methyl sites for hydroxylation is 2. The van der Waals surface area contributed by atoms with Gasteiger partial charge < -0.3 is 15.0 Å². The molecule has 2 N–H and O–H groups in total. The molecular formula is C30H42N6O4S. The van der Waals surface area contributed by atoms with Crippen LogP contribution in [0.2, 0.25) is 0 Å². The molecule has 2 aromatic carbocycles. The Kier molecular flexibility index (Phi) is 9.93. The summed E-state index contributed by atoms with van der Waals surface area (Å²) in [5.74, 6) is 1.34. The molecule has 0 atom stereocenters. The molecule has 222 valence electrons. The van der Waals surface area contributed by atoms with Crippen LogP contribution in [-0.4, -0.2) is 66.0 Å². The van der Waals surface area contributed by atoms with E-state index in [1.165, 1.54) is 5.56 Å². The van der Waals surface area contributed by atoms with E-state index in [1.807, 2.05) is 37.9 Å². The normalized spacial score (nSPS) is 14.6. The van der Waals surface area contributed by atoms with Gasteiger partial charge in [-0.1, -0.05) is 25.5 Å². The number of unbranched alkanes of at least 4 members (excludes halogenated alkanes) is 1. The fraction of sp³-hybridized carbons (Fsp3) is 0.467. The highest BCUT2D eigenvalue weighted by Gasteiger charge is 2.28. The summed E-state index contributed by atoms with van der Waals surface area (Å²) < 4.78 is 32.9. The molecule has 0 radical (unpaired) electrons. The zero-order valence-corrected chi connectivity index (χ0v) is 25.5. The summed E-state index contributed by atoms with van der Waals surface area (Å²) in [5.41, 5.74) is 4.29. The van der Waals surface area contributed by atoms with Crippen LogP contribution in [0.3, 0.4) is 0 Å². The number of benzene rings is 2. The van der Waals surface area contributed by atoms with E-state index in [0.717, 1.165) is 75.2 Å². The number of hydrogen-bond acceptors (Lipinski definition) is 6. The fourth-order valence-electron chi connectivity index (χ4n) is 5.16. The number of ether oxygens (including phenoxy) is 1. The number of piperidine rings is 1. The number of hydrogen-bond donors (Lipinski definition) is 2. The lowest BCUT2D eigenvalue weighted by Gasteiger charge is -2.38. The van der Waals surface area contributed by atoms with E-state index < -0.39 is 10.0 Å². The van der Waals surface area contributed by atoms with Crippen LogP contribution in [0.15, 0.2) is 48.5 Å². The number of amides is 2. The Labute approximate surface area is 243 Å². The van der Waals surface area contributed by atoms with Crippen LogP contribution in [0.4, 0.5) is 16.2 Å². The first-order valence-electron chi connectivity index (χ1n) is 14.2. The number of carbonyl (C=O) groups is 1. The molecular weight excluding hydrogens is 540 g/mol. The SMILES string of the molecule is CCCCN(C(=O)Nc1c(C)nn(C)c1C)C1CCN(Cc2ccc(Oc3ccc(NS(C)(=O)=O)cc3)cc2)CC1. The molecule has 2 heterocycles. The second kappa shape index (κ2) is 13.4. The predicted molar refractivity (Wildman–Crippen MR) is 163 cm³/mol. The number of nitrogens with zero attached hydrogens (tertiary/aromatic N) is 4. The van der Waals surface area contributed by atoms with E-state index in [2.05, 4.69) is 39.1 Å². The van der Waals surface area contributed by atoms with Gasteiger partial charge in [-0.15, -0.1) is 0 Å². The molecule has 2 amide bonds. The molecule has 1 aromatic heterocycles. The molecule has 0 saturated carbocycles. The Bertz CT molecular complexity index is 1410. The van der Waals surface area contributed by atoms with E-state index >= 15 is 0 Å². The molecule has 10 nitrogen and oxygen atoms in total. The highest BCUT2D eigenvalue weighted by molar-refractivity contribution is 7.92. The number of carbonyl (C=O) groups excluding carboxylic acids is 1. The van der Waals surface area contributed by atoms with E-state index in [1.54, 1.807) is 28.9 Å². The average molecular weight is 583 g/mol. The minimum absolute atomic E-state index is 0.0343. The topological polar surface area (TPSA) is 109 Å². The Morgan fingerprint density at radius 3 is 2.20 bits per heavy atom. The monoisotopic (exact) mass is 582 g/mol. The van der Waals surface area contributed by atoms with Crippen molar-refractivity contribution in [2.45, 2.75) is 59.0 Å². The van der Waals surface area contributed by atoms with Crippen LogP contribution in [0.1, 0.15) is 49.6 Å². The van der Waals surface area contributed by atoms with Gasteiger partial charge in [-0.05, 0) is 75.1 Å². The van der Waals surface area contributed by atoms with Crippen LogP contribution in [0.25, 0.3) is 0 Å². The van der Waals surface area contributed by atoms with E-state index in [-0.39, 0.29) is 12.1 Å². The number of nitrogens with one attached hydrogen (secondary N) is 2. The lowest BCUT2D eigenvalue weighted by atomic mass is 10.0. The number of rotatable bonds is 11. The van der Waals surface area contributed by atoms with Crippen LogP contribution < -0.4 is 14.8 Å². The van der Waals surface area contributed by atoms with E-state index in [9.17, 15) is 13.2 Å². The molecule has 3 aromatic rings. The largest absolute Gasteiger partial charge is 0.457 e. The van der Waals surface area contributed by atoms with Crippen molar-refractivity contribution in [3.63, 3.8) is 0 Å². The van der Waals surface area contributed by atoms with Crippen molar-refractivity contribution in [1.29, 1.82) is 0 Å². The van der Waals surface area contributed by atoms with Gasteiger partial charge in [0.15, 0.2) is 0 Å². The highest BCUT2D eigenvalue weighted by atomic mass is 32.2. The molecule has 1 fully saturated rings. The summed E-state index contributed by atoms with van der Waals surface area (Å²) in [7, 11) is -1.42. The van der Waals surface area contributed by atoms with Gasteiger partial charge in [-0.2, -0.15) is 5.10 Å². The van der Waals surface area contributed by atoms with Crippen LogP contribution in [0, 0.1) is 13.8 Å². The predicted octanol–water partition coefficient (Wildman–Crippen LogP) is 5.50. The van der Waals surface area contributed by atoms with Crippen molar-refractivity contribution < 1.29 is 17.9 Å². The number of anilines is 2. The van der Waals surface area contributed by atoms with Gasteiger partial charge >= 0.3 is 6.03 Å². The maximum atomic E-state index is 13.4. The number of likely N-dealkylation sites (tertiary alicyclic amines) is 1. The quantitative estimate of drug-likeness (QED) is 0.309. The lowest BCUT2D eigenvalue weighted by Crippen LogP contribution is -2.49. The second-order valence-corrected chi connectivity index (χ2v) is 12.5. The van der Waals surface area contributed by atoms with Gasteiger partial charge in [-0.25, -0.2) is 13.2 Å². The minimum atomic E-state index is -3.31. The lowest BCUT2D eigenvalue weighted by molar-refractivity contribution is 0.122. The van der Waals surface area contributed by atoms with Crippen molar-refractivity contribution in [3.05, 3.63) is 65.5 Å². The Morgan fingerprint density at radius 1 is 1.05 bits per heavy atom. The summed E-state index contributed by atoms with van der Waals surface area (Å²) in [4.78, 5) is 17.8. The maximum Gasteiger partial charge on any atom is 0.322 e. The number of aromatic nitrogens is 2. The standard InChI is InChI=1S/C30H42N6O4S/c1-6-7-18-36(30(37)31-29-22(2)32-34(4)23(29)3)26-16-19-35(20-17-26)21-24-8-12-27(13-9-24)40-28-14-10-25(11-15-28)33-41(5,38)39/h8-15,26,33H,6-7,16-21H2,1-5H3,(H,31,37). The average Bonchev–Trinajstić information content (AvgIpc) is 3.17. The molecule has 1 aliphatic heterocycles. The summed E-state index contributed by atoms with van der Waals surface area (Å²) >= 11 is 0. The first-order valence-corrected chi connectivity index (χ1v) is 16.1. The number of sulfonamides is 1. The summed E-state index contributed by atoms with van der Waals surface area (Å²) in [6.07, 6.45) is 5.02. The van der Waals surface area contributed by atoms with Crippen molar-refractivity contribution in [1.82, 2.24) is 19.6 Å². The van der Waals surface area contributed by atoms with E-state index in [4.69, 9.17) is 4.74 Å². The van der Waals surface area contributed by atoms with Gasteiger partial charge in [0.25, 0.3) is 0 Å². The van der Waals surface area contributed by atoms with Crippen LogP contribution in [-0.2, 0) is 23.6 Å². The first-order chi connectivity index (χ1) is 19.5. The zero-order valence-electron chi connectivity index (χ0n) is 24.7. The first kappa shape index (κ1) is 30.4. The van der Waals surface area contributed by atoms with Gasteiger partial charge in [-0.3, -0.25) is 14.3 Å². The highest BCUT2D eigenvalue weighted by Crippen LogP contribution is 2.26. The van der Waals surface area contributed by atoms with Crippen LogP contribution >= 0.6 is 0 Å². The van der Waals surface area contributed by atoms with Gasteiger partial charge in [0.05, 0.1) is 23.3 Å². The molecule has 0 unspecified atom stereocenters. The van der Waals surface area contributed by atoms with Gasteiger partial charge in [0, 0.05) is 45.0 Å². The van der Waals surface area contributed by atoms with Crippen LogP contribution in [0.5, 0.6) is 11.5 Å². The van der Waals surface area contributed by atoms with Crippen molar-refractivity contribution in [2.24, 2.45) is 7.05 Å². The Morgan fingerprint density at radius 2 is 1.66 bits per heavy atom. The zero-order chi connectivity index (χ0) is 29.6. The molecule has 0 bridgehead atoms. The molecule has 4 rings (SSSR count). The molecule has 1 aliphatic rings. The summed E-state index contributed by atoms with van der Waals surface area (Å²) in [6, 6.07) is 15.0. The third-order valence-corrected chi connectivity index (χ3v) is 8.08. The summed E-state index contributed by atoms with van der Waals surface area (Å²) in [5, 5.41) is 7.58. The van der Waals surface area contributed by atoms with Gasteiger partial charge in [0.2, 0.25) is 10.0 Å². The molecule has 41 heavy (non-hydrogen) atoms. The fourth-order valence-corrected chi connectivity index (χ4v) is 5.73. The third-order valence-electron chi connectivity index (χ3n) is 7.48. The smallest absolute Gasteiger partial charge is 0.322 e. The molecule has 11 heteroatoms. The molecule has 1 saturated heterocycles. The number of urea groups is 1.